The van der Waals surface area contributed by atoms with Crippen molar-refractivity contribution in [1.29, 1.82) is 0 Å². The van der Waals surface area contributed by atoms with Gasteiger partial charge >= 0.3 is 0 Å². The molecular formula is C12H21N3O2. The summed E-state index contributed by atoms with van der Waals surface area (Å²) in [7, 11) is 0. The van der Waals surface area contributed by atoms with Gasteiger partial charge in [-0.05, 0) is 31.7 Å². The molecule has 2 unspecified atom stereocenters. The van der Waals surface area contributed by atoms with E-state index in [4.69, 9.17) is 0 Å². The highest BCUT2D eigenvalue weighted by molar-refractivity contribution is 5.83. The van der Waals surface area contributed by atoms with Crippen molar-refractivity contribution in [3.05, 3.63) is 0 Å². The molecule has 17 heavy (non-hydrogen) atoms. The van der Waals surface area contributed by atoms with Crippen molar-refractivity contribution in [2.45, 2.75) is 44.7 Å². The Morgan fingerprint density at radius 2 is 2.06 bits per heavy atom. The molecule has 0 bridgehead atoms. The average molecular weight is 239 g/mol. The number of carbonyl (C=O) groups is 2. The summed E-state index contributed by atoms with van der Waals surface area (Å²) in [6.45, 7) is 3.41. The maximum Gasteiger partial charge on any atom is 0.237 e. The van der Waals surface area contributed by atoms with E-state index in [1.165, 1.54) is 0 Å². The van der Waals surface area contributed by atoms with E-state index in [0.717, 1.165) is 25.8 Å². The van der Waals surface area contributed by atoms with Gasteiger partial charge in [-0.15, -0.1) is 0 Å². The first kappa shape index (κ1) is 12.4. The summed E-state index contributed by atoms with van der Waals surface area (Å²) in [5.41, 5.74) is 0. The van der Waals surface area contributed by atoms with Gasteiger partial charge in [0.2, 0.25) is 11.8 Å². The molecule has 2 atom stereocenters. The minimum Gasteiger partial charge on any atom is -0.354 e. The SMILES string of the molecule is CC1CCNC1C(=O)NCCC(=O)NC1CC1. The van der Waals surface area contributed by atoms with Gasteiger partial charge in [-0.25, -0.2) is 0 Å². The minimum atomic E-state index is -0.0820. The number of hydrogen-bond donors (Lipinski definition) is 3. The van der Waals surface area contributed by atoms with Gasteiger partial charge in [0.25, 0.3) is 0 Å². The summed E-state index contributed by atoms with van der Waals surface area (Å²) in [5.74, 6) is 0.449. The highest BCUT2D eigenvalue weighted by Crippen LogP contribution is 2.18. The quantitative estimate of drug-likeness (QED) is 0.620. The van der Waals surface area contributed by atoms with Crippen molar-refractivity contribution in [2.75, 3.05) is 13.1 Å². The molecule has 0 radical (unpaired) electrons. The fourth-order valence-corrected chi connectivity index (χ4v) is 2.12. The topological polar surface area (TPSA) is 70.2 Å². The zero-order valence-electron chi connectivity index (χ0n) is 10.3. The number of nitrogens with one attached hydrogen (secondary N) is 3. The first-order valence-corrected chi connectivity index (χ1v) is 6.47. The molecule has 1 saturated heterocycles. The second-order valence-corrected chi connectivity index (χ2v) is 5.08. The van der Waals surface area contributed by atoms with E-state index in [1.54, 1.807) is 0 Å². The van der Waals surface area contributed by atoms with Crippen LogP contribution in [0, 0.1) is 5.92 Å². The summed E-state index contributed by atoms with van der Waals surface area (Å²) in [5, 5.41) is 8.89. The fraction of sp³-hybridized carbons (Fsp3) is 0.833. The van der Waals surface area contributed by atoms with Crippen LogP contribution in [0.15, 0.2) is 0 Å². The molecule has 5 heteroatoms. The highest BCUT2D eigenvalue weighted by Gasteiger charge is 2.29. The van der Waals surface area contributed by atoms with Gasteiger partial charge in [-0.3, -0.25) is 9.59 Å². The normalized spacial score (nSPS) is 27.8. The van der Waals surface area contributed by atoms with Gasteiger partial charge < -0.3 is 16.0 Å². The number of rotatable bonds is 5. The predicted molar refractivity (Wildman–Crippen MR) is 64.4 cm³/mol. The van der Waals surface area contributed by atoms with E-state index in [0.29, 0.717) is 24.9 Å². The van der Waals surface area contributed by atoms with Gasteiger partial charge in [0.1, 0.15) is 0 Å². The Bertz CT molecular complexity index is 302. The molecule has 2 rings (SSSR count). The lowest BCUT2D eigenvalue weighted by atomic mass is 10.0. The van der Waals surface area contributed by atoms with E-state index in [1.807, 2.05) is 0 Å². The van der Waals surface area contributed by atoms with Crippen LogP contribution in [0.5, 0.6) is 0 Å². The lowest BCUT2D eigenvalue weighted by Gasteiger charge is -2.15. The average Bonchev–Trinajstić information content (AvgIpc) is 2.98. The third-order valence-electron chi connectivity index (χ3n) is 3.41. The Morgan fingerprint density at radius 3 is 2.65 bits per heavy atom. The molecular weight excluding hydrogens is 218 g/mol. The van der Waals surface area contributed by atoms with Gasteiger partial charge in [0.15, 0.2) is 0 Å². The van der Waals surface area contributed by atoms with E-state index < -0.39 is 0 Å². The summed E-state index contributed by atoms with van der Waals surface area (Å²) in [6.07, 6.45) is 3.62. The van der Waals surface area contributed by atoms with E-state index in [9.17, 15) is 9.59 Å². The Labute approximate surface area is 102 Å². The molecule has 0 aromatic rings. The highest BCUT2D eigenvalue weighted by atomic mass is 16.2. The van der Waals surface area contributed by atoms with Crippen molar-refractivity contribution in [3.63, 3.8) is 0 Å². The van der Waals surface area contributed by atoms with Crippen molar-refractivity contribution in [3.8, 4) is 0 Å². The Morgan fingerprint density at radius 1 is 1.29 bits per heavy atom. The monoisotopic (exact) mass is 239 g/mol. The zero-order chi connectivity index (χ0) is 12.3. The van der Waals surface area contributed by atoms with Crippen LogP contribution in [-0.4, -0.2) is 37.0 Å². The van der Waals surface area contributed by atoms with E-state index >= 15 is 0 Å². The number of hydrogen-bond acceptors (Lipinski definition) is 3. The molecule has 2 amide bonds. The molecule has 1 aliphatic carbocycles. The number of carbonyl (C=O) groups excluding carboxylic acids is 2. The largest absolute Gasteiger partial charge is 0.354 e. The summed E-state index contributed by atoms with van der Waals surface area (Å²) in [4.78, 5) is 23.1. The third kappa shape index (κ3) is 3.70. The van der Waals surface area contributed by atoms with Crippen LogP contribution in [0.25, 0.3) is 0 Å². The van der Waals surface area contributed by atoms with Gasteiger partial charge in [0, 0.05) is 19.0 Å². The smallest absolute Gasteiger partial charge is 0.237 e. The van der Waals surface area contributed by atoms with Gasteiger partial charge in [-0.1, -0.05) is 6.92 Å². The Balaban J connectivity index is 1.60. The first-order chi connectivity index (χ1) is 8.16. The van der Waals surface area contributed by atoms with Crippen LogP contribution in [0.4, 0.5) is 0 Å². The van der Waals surface area contributed by atoms with E-state index in [-0.39, 0.29) is 17.9 Å². The molecule has 0 spiro atoms. The second kappa shape index (κ2) is 5.49. The molecule has 0 aromatic carbocycles. The first-order valence-electron chi connectivity index (χ1n) is 6.47. The summed E-state index contributed by atoms with van der Waals surface area (Å²) in [6, 6.07) is 0.316. The maximum atomic E-state index is 11.8. The van der Waals surface area contributed by atoms with Crippen molar-refractivity contribution < 1.29 is 9.59 Å². The number of amides is 2. The molecule has 3 N–H and O–H groups in total. The minimum absolute atomic E-state index is 0.0224. The molecule has 0 aromatic heterocycles. The lowest BCUT2D eigenvalue weighted by Crippen LogP contribution is -2.44. The van der Waals surface area contributed by atoms with Crippen molar-refractivity contribution >= 4 is 11.8 Å². The van der Waals surface area contributed by atoms with Crippen molar-refractivity contribution in [1.82, 2.24) is 16.0 Å². The van der Waals surface area contributed by atoms with Crippen LogP contribution in [0.2, 0.25) is 0 Å². The molecule has 96 valence electrons. The second-order valence-electron chi connectivity index (χ2n) is 5.08. The van der Waals surface area contributed by atoms with Crippen LogP contribution < -0.4 is 16.0 Å². The Hall–Kier alpha value is -1.10. The van der Waals surface area contributed by atoms with Crippen LogP contribution in [0.1, 0.15) is 32.6 Å². The van der Waals surface area contributed by atoms with Gasteiger partial charge in [0.05, 0.1) is 6.04 Å². The Kier molecular flexibility index (Phi) is 3.99. The molecule has 1 heterocycles. The molecule has 2 aliphatic rings. The molecule has 1 aliphatic heterocycles. The lowest BCUT2D eigenvalue weighted by molar-refractivity contribution is -0.124. The standard InChI is InChI=1S/C12H21N3O2/c1-8-4-6-13-11(8)12(17)14-7-5-10(16)15-9-2-3-9/h8-9,11,13H,2-7H2,1H3,(H,14,17)(H,15,16). The van der Waals surface area contributed by atoms with Crippen LogP contribution in [-0.2, 0) is 9.59 Å². The predicted octanol–water partition coefficient (Wildman–Crippen LogP) is -0.231. The molecule has 1 saturated carbocycles. The maximum absolute atomic E-state index is 11.8. The summed E-state index contributed by atoms with van der Waals surface area (Å²) >= 11 is 0. The van der Waals surface area contributed by atoms with E-state index in [2.05, 4.69) is 22.9 Å². The van der Waals surface area contributed by atoms with Crippen LogP contribution in [0.3, 0.4) is 0 Å². The zero-order valence-corrected chi connectivity index (χ0v) is 10.3. The fourth-order valence-electron chi connectivity index (χ4n) is 2.12. The van der Waals surface area contributed by atoms with Crippen LogP contribution >= 0.6 is 0 Å². The van der Waals surface area contributed by atoms with Crippen molar-refractivity contribution in [2.24, 2.45) is 5.92 Å². The molecule has 2 fully saturated rings. The molecule has 5 nitrogen and oxygen atoms in total. The summed E-state index contributed by atoms with van der Waals surface area (Å²) < 4.78 is 0. The van der Waals surface area contributed by atoms with Gasteiger partial charge in [-0.2, -0.15) is 0 Å². The third-order valence-corrected chi connectivity index (χ3v) is 3.41.